The lowest BCUT2D eigenvalue weighted by atomic mass is 10.1. The van der Waals surface area contributed by atoms with Gasteiger partial charge in [-0.05, 0) is 24.8 Å². The molecule has 2 fully saturated rings. The van der Waals surface area contributed by atoms with Crippen molar-refractivity contribution in [1.29, 1.82) is 0 Å². The van der Waals surface area contributed by atoms with E-state index in [-0.39, 0.29) is 5.91 Å². The minimum atomic E-state index is 0.165. The van der Waals surface area contributed by atoms with Gasteiger partial charge in [0.05, 0.1) is 11.3 Å². The molecule has 0 radical (unpaired) electrons. The zero-order valence-electron chi connectivity index (χ0n) is 14.9. The van der Waals surface area contributed by atoms with E-state index < -0.39 is 0 Å². The number of benzene rings is 1. The van der Waals surface area contributed by atoms with Gasteiger partial charge in [-0.1, -0.05) is 30.3 Å². The second-order valence-corrected chi connectivity index (χ2v) is 7.25. The molecule has 0 bridgehead atoms. The molecule has 2 heterocycles. The van der Waals surface area contributed by atoms with E-state index in [0.29, 0.717) is 5.92 Å². The molecule has 0 unspecified atom stereocenters. The van der Waals surface area contributed by atoms with Gasteiger partial charge in [0.1, 0.15) is 0 Å². The van der Waals surface area contributed by atoms with E-state index in [1.54, 1.807) is 4.68 Å². The van der Waals surface area contributed by atoms with Gasteiger partial charge in [0.2, 0.25) is 0 Å². The predicted octanol–water partition coefficient (Wildman–Crippen LogP) is 2.30. The molecule has 4 rings (SSSR count). The zero-order chi connectivity index (χ0) is 17.2. The van der Waals surface area contributed by atoms with Crippen LogP contribution in [0.4, 0.5) is 0 Å². The second kappa shape index (κ2) is 7.00. The summed E-state index contributed by atoms with van der Waals surface area (Å²) in [5, 5.41) is 4.53. The molecule has 2 aliphatic rings. The molecular weight excluding hydrogens is 312 g/mol. The van der Waals surface area contributed by atoms with Crippen molar-refractivity contribution in [2.45, 2.75) is 25.2 Å². The van der Waals surface area contributed by atoms with Crippen molar-refractivity contribution in [3.8, 4) is 0 Å². The van der Waals surface area contributed by atoms with Crippen molar-refractivity contribution in [3.63, 3.8) is 0 Å². The summed E-state index contributed by atoms with van der Waals surface area (Å²) in [6.45, 7) is 4.60. The molecule has 0 atom stereocenters. The molecule has 1 saturated carbocycles. The highest BCUT2D eigenvalue weighted by Crippen LogP contribution is 2.40. The van der Waals surface area contributed by atoms with Crippen molar-refractivity contribution < 1.29 is 4.79 Å². The Balaban J connectivity index is 1.32. The van der Waals surface area contributed by atoms with Crippen molar-refractivity contribution >= 4 is 5.91 Å². The topological polar surface area (TPSA) is 41.4 Å². The fourth-order valence-electron chi connectivity index (χ4n) is 3.61. The van der Waals surface area contributed by atoms with Gasteiger partial charge in [0.25, 0.3) is 5.91 Å². The quantitative estimate of drug-likeness (QED) is 0.840. The molecule has 1 aromatic carbocycles. The number of piperazine rings is 1. The van der Waals surface area contributed by atoms with Gasteiger partial charge >= 0.3 is 0 Å². The van der Waals surface area contributed by atoms with Crippen LogP contribution in [-0.4, -0.2) is 58.2 Å². The van der Waals surface area contributed by atoms with E-state index in [0.717, 1.165) is 50.4 Å². The Bertz CT molecular complexity index is 727. The lowest BCUT2D eigenvalue weighted by Crippen LogP contribution is -2.49. The van der Waals surface area contributed by atoms with E-state index in [1.807, 2.05) is 18.1 Å². The Labute approximate surface area is 149 Å². The zero-order valence-corrected chi connectivity index (χ0v) is 14.9. The first kappa shape index (κ1) is 16.3. The van der Waals surface area contributed by atoms with Crippen molar-refractivity contribution in [2.24, 2.45) is 7.05 Å². The Morgan fingerprint density at radius 1 is 1.12 bits per heavy atom. The van der Waals surface area contributed by atoms with E-state index in [1.165, 1.54) is 18.4 Å². The van der Waals surface area contributed by atoms with Gasteiger partial charge in [0, 0.05) is 51.9 Å². The fourth-order valence-corrected chi connectivity index (χ4v) is 3.61. The number of carbonyl (C=O) groups excluding carboxylic acids is 1. The average molecular weight is 338 g/mol. The van der Waals surface area contributed by atoms with Crippen LogP contribution in [0.25, 0.3) is 0 Å². The van der Waals surface area contributed by atoms with Crippen LogP contribution < -0.4 is 0 Å². The third kappa shape index (κ3) is 3.76. The SMILES string of the molecule is Cn1cc(C(=O)N2CCN(CCc3ccccc3)CC2)c(C2CC2)n1. The van der Waals surface area contributed by atoms with E-state index >= 15 is 0 Å². The van der Waals surface area contributed by atoms with Gasteiger partial charge in [-0.25, -0.2) is 0 Å². The number of hydrogen-bond acceptors (Lipinski definition) is 3. The van der Waals surface area contributed by atoms with Gasteiger partial charge in [-0.2, -0.15) is 5.10 Å². The van der Waals surface area contributed by atoms with Crippen LogP contribution in [0.2, 0.25) is 0 Å². The van der Waals surface area contributed by atoms with Crippen LogP contribution >= 0.6 is 0 Å². The number of rotatable bonds is 5. The first-order valence-corrected chi connectivity index (χ1v) is 9.30. The number of aromatic nitrogens is 2. The molecule has 1 aliphatic carbocycles. The summed E-state index contributed by atoms with van der Waals surface area (Å²) >= 11 is 0. The summed E-state index contributed by atoms with van der Waals surface area (Å²) in [5.74, 6) is 0.671. The third-order valence-electron chi connectivity index (χ3n) is 5.27. The van der Waals surface area contributed by atoms with Gasteiger partial charge in [0.15, 0.2) is 0 Å². The number of hydrogen-bond donors (Lipinski definition) is 0. The summed E-state index contributed by atoms with van der Waals surface area (Å²) in [7, 11) is 1.91. The minimum Gasteiger partial charge on any atom is -0.336 e. The lowest BCUT2D eigenvalue weighted by Gasteiger charge is -2.34. The van der Waals surface area contributed by atoms with Crippen LogP contribution in [0.1, 0.15) is 40.4 Å². The molecule has 1 aromatic heterocycles. The lowest BCUT2D eigenvalue weighted by molar-refractivity contribution is 0.0637. The molecule has 5 nitrogen and oxygen atoms in total. The highest BCUT2D eigenvalue weighted by molar-refractivity contribution is 5.95. The Morgan fingerprint density at radius 3 is 2.52 bits per heavy atom. The van der Waals surface area contributed by atoms with Crippen molar-refractivity contribution in [3.05, 3.63) is 53.3 Å². The number of carbonyl (C=O) groups is 1. The average Bonchev–Trinajstić information content (AvgIpc) is 3.42. The summed E-state index contributed by atoms with van der Waals surface area (Å²) in [5.41, 5.74) is 3.21. The van der Waals surface area contributed by atoms with Crippen LogP contribution in [0.15, 0.2) is 36.5 Å². The molecule has 5 heteroatoms. The maximum atomic E-state index is 12.9. The number of aryl methyl sites for hydroxylation is 1. The molecule has 0 N–H and O–H groups in total. The summed E-state index contributed by atoms with van der Waals surface area (Å²) < 4.78 is 1.79. The number of nitrogens with zero attached hydrogens (tertiary/aromatic N) is 4. The fraction of sp³-hybridized carbons (Fsp3) is 0.500. The Morgan fingerprint density at radius 2 is 1.84 bits per heavy atom. The molecule has 1 saturated heterocycles. The normalized spacial score (nSPS) is 18.5. The molecule has 1 amide bonds. The maximum absolute atomic E-state index is 12.9. The third-order valence-corrected chi connectivity index (χ3v) is 5.27. The monoisotopic (exact) mass is 338 g/mol. The van der Waals surface area contributed by atoms with Crippen LogP contribution in [0, 0.1) is 0 Å². The smallest absolute Gasteiger partial charge is 0.257 e. The molecule has 25 heavy (non-hydrogen) atoms. The molecule has 2 aromatic rings. The van der Waals surface area contributed by atoms with E-state index in [4.69, 9.17) is 0 Å². The largest absolute Gasteiger partial charge is 0.336 e. The summed E-state index contributed by atoms with van der Waals surface area (Å²) in [6.07, 6.45) is 5.32. The van der Waals surface area contributed by atoms with Gasteiger partial charge < -0.3 is 4.90 Å². The molecule has 0 spiro atoms. The molecule has 1 aliphatic heterocycles. The van der Waals surface area contributed by atoms with Crippen LogP contribution in [0.5, 0.6) is 0 Å². The minimum absolute atomic E-state index is 0.165. The van der Waals surface area contributed by atoms with E-state index in [9.17, 15) is 4.79 Å². The van der Waals surface area contributed by atoms with Crippen LogP contribution in [0.3, 0.4) is 0 Å². The van der Waals surface area contributed by atoms with Gasteiger partial charge in [-0.15, -0.1) is 0 Å². The standard InChI is InChI=1S/C20H26N4O/c1-22-15-18(19(21-22)17-7-8-17)20(25)24-13-11-23(12-14-24)10-9-16-5-3-2-4-6-16/h2-6,15,17H,7-14H2,1H3. The first-order chi connectivity index (χ1) is 12.2. The predicted molar refractivity (Wildman–Crippen MR) is 97.7 cm³/mol. The highest BCUT2D eigenvalue weighted by Gasteiger charge is 2.33. The van der Waals surface area contributed by atoms with E-state index in [2.05, 4.69) is 40.3 Å². The van der Waals surface area contributed by atoms with Crippen molar-refractivity contribution in [2.75, 3.05) is 32.7 Å². The molecule has 132 valence electrons. The first-order valence-electron chi connectivity index (χ1n) is 9.30. The highest BCUT2D eigenvalue weighted by atomic mass is 16.2. The second-order valence-electron chi connectivity index (χ2n) is 7.25. The van der Waals surface area contributed by atoms with Gasteiger partial charge in [-0.3, -0.25) is 14.4 Å². The maximum Gasteiger partial charge on any atom is 0.257 e. The number of amides is 1. The summed E-state index contributed by atoms with van der Waals surface area (Å²) in [4.78, 5) is 17.4. The Hall–Kier alpha value is -2.14. The molecular formula is C20H26N4O. The van der Waals surface area contributed by atoms with Crippen LogP contribution in [-0.2, 0) is 13.5 Å². The Kier molecular flexibility index (Phi) is 4.57. The van der Waals surface area contributed by atoms with Crippen molar-refractivity contribution in [1.82, 2.24) is 19.6 Å². The summed E-state index contributed by atoms with van der Waals surface area (Å²) in [6, 6.07) is 10.6.